The van der Waals surface area contributed by atoms with Crippen molar-refractivity contribution in [1.29, 1.82) is 0 Å². The molecule has 0 saturated carbocycles. The number of aromatic nitrogens is 2. The van der Waals surface area contributed by atoms with Crippen molar-refractivity contribution in [1.82, 2.24) is 20.6 Å². The first kappa shape index (κ1) is 19.5. The summed E-state index contributed by atoms with van der Waals surface area (Å²) in [5.41, 5.74) is 8.79. The number of hydrogen-bond acceptors (Lipinski definition) is 4. The zero-order valence-corrected chi connectivity index (χ0v) is 15.9. The number of hydrazine groups is 1. The first-order valence-electron chi connectivity index (χ1n) is 8.58. The van der Waals surface area contributed by atoms with Gasteiger partial charge >= 0.3 is 0 Å². The molecular formula is C19H26N4O3. The van der Waals surface area contributed by atoms with Crippen LogP contribution in [0.2, 0.25) is 0 Å². The van der Waals surface area contributed by atoms with Crippen molar-refractivity contribution < 1.29 is 14.3 Å². The lowest BCUT2D eigenvalue weighted by Gasteiger charge is -2.13. The second-order valence-corrected chi connectivity index (χ2v) is 6.64. The number of carbonyl (C=O) groups is 2. The minimum absolute atomic E-state index is 0.0384. The molecule has 0 aliphatic carbocycles. The van der Waals surface area contributed by atoms with Gasteiger partial charge in [0.15, 0.2) is 6.61 Å². The van der Waals surface area contributed by atoms with E-state index in [1.165, 1.54) is 5.56 Å². The Morgan fingerprint density at radius 3 is 2.38 bits per heavy atom. The average Bonchev–Trinajstić information content (AvgIpc) is 2.88. The number of carbonyl (C=O) groups excluding carboxylic acids is 2. The lowest BCUT2D eigenvalue weighted by molar-refractivity contribution is -0.130. The third-order valence-electron chi connectivity index (χ3n) is 3.97. The highest BCUT2D eigenvalue weighted by molar-refractivity contribution is 5.82. The van der Waals surface area contributed by atoms with Gasteiger partial charge in [-0.1, -0.05) is 19.9 Å². The van der Waals surface area contributed by atoms with Crippen LogP contribution in [0.4, 0.5) is 0 Å². The summed E-state index contributed by atoms with van der Waals surface area (Å²) in [6, 6.07) is 7.64. The fraction of sp³-hybridized carbons (Fsp3) is 0.421. The number of aryl methyl sites for hydroxylation is 3. The normalized spacial score (nSPS) is 10.7. The number of amides is 2. The molecule has 26 heavy (non-hydrogen) atoms. The number of nitrogens with one attached hydrogen (secondary N) is 2. The molecule has 1 heterocycles. The van der Waals surface area contributed by atoms with Crippen molar-refractivity contribution in [3.8, 4) is 5.75 Å². The summed E-state index contributed by atoms with van der Waals surface area (Å²) in [5, 5.41) is 4.20. The summed E-state index contributed by atoms with van der Waals surface area (Å²) >= 11 is 0. The molecule has 140 valence electrons. The van der Waals surface area contributed by atoms with Crippen LogP contribution in [0.15, 0.2) is 24.3 Å². The Labute approximate surface area is 153 Å². The summed E-state index contributed by atoms with van der Waals surface area (Å²) in [6.45, 7) is 9.86. The third kappa shape index (κ3) is 5.34. The van der Waals surface area contributed by atoms with Crippen LogP contribution in [0.1, 0.15) is 42.3 Å². The van der Waals surface area contributed by atoms with Crippen molar-refractivity contribution in [2.75, 3.05) is 6.61 Å². The first-order chi connectivity index (χ1) is 12.3. The fourth-order valence-electron chi connectivity index (χ4n) is 2.72. The summed E-state index contributed by atoms with van der Waals surface area (Å²) in [6.07, 6.45) is 0. The van der Waals surface area contributed by atoms with E-state index in [-0.39, 0.29) is 19.1 Å². The molecule has 0 atom stereocenters. The monoisotopic (exact) mass is 358 g/mol. The zero-order valence-electron chi connectivity index (χ0n) is 15.9. The molecule has 0 unspecified atom stereocenters. The molecule has 0 fully saturated rings. The Balaban J connectivity index is 1.77. The van der Waals surface area contributed by atoms with Crippen LogP contribution in [-0.2, 0) is 16.1 Å². The Morgan fingerprint density at radius 1 is 1.12 bits per heavy atom. The maximum Gasteiger partial charge on any atom is 0.276 e. The highest BCUT2D eigenvalue weighted by atomic mass is 16.5. The van der Waals surface area contributed by atoms with E-state index in [4.69, 9.17) is 4.74 Å². The van der Waals surface area contributed by atoms with E-state index in [1.807, 2.05) is 45.0 Å². The van der Waals surface area contributed by atoms with E-state index in [1.54, 1.807) is 4.68 Å². The van der Waals surface area contributed by atoms with Crippen LogP contribution >= 0.6 is 0 Å². The average molecular weight is 358 g/mol. The van der Waals surface area contributed by atoms with E-state index in [2.05, 4.69) is 29.8 Å². The predicted molar refractivity (Wildman–Crippen MR) is 98.7 cm³/mol. The quantitative estimate of drug-likeness (QED) is 0.775. The van der Waals surface area contributed by atoms with E-state index in [0.29, 0.717) is 11.7 Å². The maximum atomic E-state index is 11.9. The largest absolute Gasteiger partial charge is 0.484 e. The number of ether oxygens (including phenoxy) is 1. The Hall–Kier alpha value is -2.83. The minimum Gasteiger partial charge on any atom is -0.484 e. The standard InChI is InChI=1S/C19H26N4O3/c1-12(2)17-7-6-16(8-13(17)3)26-11-19(25)21-20-18(24)10-23-15(5)9-14(4)22-23/h6-9,12H,10-11H2,1-5H3,(H,20,24)(H,21,25). The van der Waals surface area contributed by atoms with Crippen molar-refractivity contribution in [3.63, 3.8) is 0 Å². The Bertz CT molecular complexity index is 796. The van der Waals surface area contributed by atoms with Gasteiger partial charge in [0.1, 0.15) is 12.3 Å². The smallest absolute Gasteiger partial charge is 0.276 e. The van der Waals surface area contributed by atoms with Crippen LogP contribution in [0.25, 0.3) is 0 Å². The molecule has 1 aromatic heterocycles. The van der Waals surface area contributed by atoms with Gasteiger partial charge in [-0.3, -0.25) is 25.1 Å². The molecule has 0 radical (unpaired) electrons. The SMILES string of the molecule is Cc1cc(C)n(CC(=O)NNC(=O)COc2ccc(C(C)C)c(C)c2)n1. The molecule has 7 nitrogen and oxygen atoms in total. The van der Waals surface area contributed by atoms with Crippen molar-refractivity contribution >= 4 is 11.8 Å². The summed E-state index contributed by atoms with van der Waals surface area (Å²) in [7, 11) is 0. The van der Waals surface area contributed by atoms with Gasteiger partial charge in [-0.05, 0) is 56.0 Å². The van der Waals surface area contributed by atoms with Gasteiger partial charge in [0, 0.05) is 5.69 Å². The Morgan fingerprint density at radius 2 is 1.81 bits per heavy atom. The first-order valence-corrected chi connectivity index (χ1v) is 8.58. The fourth-order valence-corrected chi connectivity index (χ4v) is 2.72. The van der Waals surface area contributed by atoms with Crippen LogP contribution in [0.5, 0.6) is 5.75 Å². The second-order valence-electron chi connectivity index (χ2n) is 6.64. The summed E-state index contributed by atoms with van der Waals surface area (Å²) in [4.78, 5) is 23.7. The molecule has 0 saturated heterocycles. The highest BCUT2D eigenvalue weighted by Gasteiger charge is 2.10. The van der Waals surface area contributed by atoms with Gasteiger partial charge < -0.3 is 4.74 Å². The zero-order chi connectivity index (χ0) is 19.3. The molecule has 0 aliphatic rings. The molecule has 7 heteroatoms. The van der Waals surface area contributed by atoms with Crippen molar-refractivity contribution in [2.45, 2.75) is 47.1 Å². The molecule has 2 rings (SSSR count). The van der Waals surface area contributed by atoms with Gasteiger partial charge in [0.25, 0.3) is 11.8 Å². The van der Waals surface area contributed by atoms with Crippen LogP contribution in [0, 0.1) is 20.8 Å². The van der Waals surface area contributed by atoms with Crippen molar-refractivity contribution in [3.05, 3.63) is 46.8 Å². The highest BCUT2D eigenvalue weighted by Crippen LogP contribution is 2.23. The van der Waals surface area contributed by atoms with Crippen LogP contribution < -0.4 is 15.6 Å². The molecular weight excluding hydrogens is 332 g/mol. The minimum atomic E-state index is -0.433. The number of nitrogens with zero attached hydrogens (tertiary/aromatic N) is 2. The predicted octanol–water partition coefficient (Wildman–Crippen LogP) is 2.16. The van der Waals surface area contributed by atoms with E-state index in [9.17, 15) is 9.59 Å². The maximum absolute atomic E-state index is 11.9. The molecule has 0 bridgehead atoms. The van der Waals surface area contributed by atoms with E-state index >= 15 is 0 Å². The lowest BCUT2D eigenvalue weighted by atomic mass is 9.98. The van der Waals surface area contributed by atoms with Gasteiger partial charge in [0.05, 0.1) is 5.69 Å². The number of hydrogen-bond donors (Lipinski definition) is 2. The van der Waals surface area contributed by atoms with Gasteiger partial charge in [-0.25, -0.2) is 0 Å². The van der Waals surface area contributed by atoms with Crippen LogP contribution in [-0.4, -0.2) is 28.2 Å². The molecule has 1 aromatic carbocycles. The van der Waals surface area contributed by atoms with Gasteiger partial charge in [-0.15, -0.1) is 0 Å². The number of benzene rings is 1. The lowest BCUT2D eigenvalue weighted by Crippen LogP contribution is -2.45. The molecule has 0 spiro atoms. The molecule has 2 N–H and O–H groups in total. The molecule has 2 aromatic rings. The second kappa shape index (κ2) is 8.51. The van der Waals surface area contributed by atoms with Crippen LogP contribution in [0.3, 0.4) is 0 Å². The summed E-state index contributed by atoms with van der Waals surface area (Å²) < 4.78 is 7.05. The van der Waals surface area contributed by atoms with E-state index < -0.39 is 5.91 Å². The van der Waals surface area contributed by atoms with Crippen molar-refractivity contribution in [2.24, 2.45) is 0 Å². The molecule has 0 aliphatic heterocycles. The van der Waals surface area contributed by atoms with Gasteiger partial charge in [-0.2, -0.15) is 5.10 Å². The van der Waals surface area contributed by atoms with E-state index in [0.717, 1.165) is 17.0 Å². The number of rotatable bonds is 6. The summed E-state index contributed by atoms with van der Waals surface area (Å²) in [5.74, 6) is 0.264. The third-order valence-corrected chi connectivity index (χ3v) is 3.97. The topological polar surface area (TPSA) is 85.2 Å². The van der Waals surface area contributed by atoms with Gasteiger partial charge in [0.2, 0.25) is 0 Å². The Kier molecular flexibility index (Phi) is 6.38. The molecule has 2 amide bonds.